The van der Waals surface area contributed by atoms with Crippen LogP contribution in [0, 0.1) is 0 Å². The topological polar surface area (TPSA) is 68.2 Å². The van der Waals surface area contributed by atoms with Crippen LogP contribution in [-0.2, 0) is 17.8 Å². The highest BCUT2D eigenvalue weighted by molar-refractivity contribution is 5.94. The molecule has 2 aromatic rings. The first-order valence-corrected chi connectivity index (χ1v) is 8.84. The van der Waals surface area contributed by atoms with Crippen molar-refractivity contribution >= 4 is 5.91 Å². The summed E-state index contributed by atoms with van der Waals surface area (Å²) in [4.78, 5) is 16.5. The molecular weight excluding hydrogens is 316 g/mol. The number of nitrogens with zero attached hydrogens (tertiary/aromatic N) is 2. The molecule has 134 valence electrons. The molecule has 6 heteroatoms. The molecule has 0 radical (unpaired) electrons. The highest BCUT2D eigenvalue weighted by atomic mass is 16.5. The first kappa shape index (κ1) is 17.6. The first-order chi connectivity index (χ1) is 12.3. The van der Waals surface area contributed by atoms with Crippen molar-refractivity contribution in [3.05, 3.63) is 53.6 Å². The van der Waals surface area contributed by atoms with Gasteiger partial charge in [-0.3, -0.25) is 4.79 Å². The van der Waals surface area contributed by atoms with Crippen LogP contribution in [0.5, 0.6) is 0 Å². The van der Waals surface area contributed by atoms with Crippen molar-refractivity contribution in [3.8, 4) is 0 Å². The van der Waals surface area contributed by atoms with Gasteiger partial charge in [0.2, 0.25) is 0 Å². The number of carbonyl (C=O) groups is 1. The van der Waals surface area contributed by atoms with E-state index in [1.807, 2.05) is 16.7 Å². The number of hydrogen-bond donors (Lipinski definition) is 2. The van der Waals surface area contributed by atoms with Gasteiger partial charge in [-0.1, -0.05) is 12.1 Å². The lowest BCUT2D eigenvalue weighted by molar-refractivity contribution is 0.0950. The second kappa shape index (κ2) is 8.78. The molecule has 1 saturated heterocycles. The summed E-state index contributed by atoms with van der Waals surface area (Å²) in [7, 11) is 1.67. The van der Waals surface area contributed by atoms with Gasteiger partial charge in [-0.15, -0.1) is 0 Å². The minimum absolute atomic E-state index is 0.0622. The van der Waals surface area contributed by atoms with Gasteiger partial charge in [0, 0.05) is 32.0 Å². The average Bonchev–Trinajstić information content (AvgIpc) is 3.12. The van der Waals surface area contributed by atoms with Gasteiger partial charge in [0.15, 0.2) is 0 Å². The first-order valence-electron chi connectivity index (χ1n) is 8.84. The number of aromatic nitrogens is 2. The van der Waals surface area contributed by atoms with E-state index in [2.05, 4.69) is 27.8 Å². The van der Waals surface area contributed by atoms with Crippen molar-refractivity contribution in [1.29, 1.82) is 0 Å². The van der Waals surface area contributed by atoms with Gasteiger partial charge < -0.3 is 19.9 Å². The summed E-state index contributed by atoms with van der Waals surface area (Å²) in [6.45, 7) is 3.94. The van der Waals surface area contributed by atoms with Crippen molar-refractivity contribution in [3.63, 3.8) is 0 Å². The molecule has 1 atom stereocenters. The van der Waals surface area contributed by atoms with E-state index in [1.54, 1.807) is 19.6 Å². The lowest BCUT2D eigenvalue weighted by Gasteiger charge is -2.23. The lowest BCUT2D eigenvalue weighted by atomic mass is 9.91. The van der Waals surface area contributed by atoms with Crippen molar-refractivity contribution < 1.29 is 9.53 Å². The van der Waals surface area contributed by atoms with Crippen molar-refractivity contribution in [1.82, 2.24) is 20.2 Å². The summed E-state index contributed by atoms with van der Waals surface area (Å²) < 4.78 is 7.07. The van der Waals surface area contributed by atoms with E-state index in [4.69, 9.17) is 4.74 Å². The Morgan fingerprint density at radius 3 is 2.96 bits per heavy atom. The van der Waals surface area contributed by atoms with E-state index >= 15 is 0 Å². The summed E-state index contributed by atoms with van der Waals surface area (Å²) in [6, 6.07) is 7.99. The third-order valence-corrected chi connectivity index (χ3v) is 4.71. The van der Waals surface area contributed by atoms with E-state index in [9.17, 15) is 4.79 Å². The number of nitrogens with one attached hydrogen (secondary N) is 2. The highest BCUT2D eigenvalue weighted by Crippen LogP contribution is 2.23. The predicted molar refractivity (Wildman–Crippen MR) is 96.6 cm³/mol. The van der Waals surface area contributed by atoms with Crippen molar-refractivity contribution in [2.75, 3.05) is 26.8 Å². The number of carbonyl (C=O) groups excluding carboxylic acids is 1. The molecule has 6 nitrogen and oxygen atoms in total. The summed E-state index contributed by atoms with van der Waals surface area (Å²) >= 11 is 0. The largest absolute Gasteiger partial charge is 0.383 e. The monoisotopic (exact) mass is 342 g/mol. The zero-order valence-corrected chi connectivity index (χ0v) is 14.7. The Hall–Kier alpha value is -2.18. The third kappa shape index (κ3) is 4.67. The van der Waals surface area contributed by atoms with Crippen LogP contribution in [0.4, 0.5) is 0 Å². The van der Waals surface area contributed by atoms with Crippen LogP contribution < -0.4 is 10.6 Å². The smallest absolute Gasteiger partial charge is 0.251 e. The molecule has 0 saturated carbocycles. The Morgan fingerprint density at radius 1 is 1.40 bits per heavy atom. The number of hydrogen-bond acceptors (Lipinski definition) is 4. The number of methoxy groups -OCH3 is 1. The van der Waals surface area contributed by atoms with Gasteiger partial charge in [0.1, 0.15) is 0 Å². The van der Waals surface area contributed by atoms with E-state index in [1.165, 1.54) is 18.4 Å². The summed E-state index contributed by atoms with van der Waals surface area (Å²) in [5.74, 6) is 0.494. The van der Waals surface area contributed by atoms with Gasteiger partial charge in [0.05, 0.1) is 25.2 Å². The fourth-order valence-corrected chi connectivity index (χ4v) is 3.20. The van der Waals surface area contributed by atoms with Crippen LogP contribution in [0.1, 0.15) is 40.4 Å². The van der Waals surface area contributed by atoms with Crippen LogP contribution in [0.25, 0.3) is 0 Å². The quantitative estimate of drug-likeness (QED) is 0.807. The fraction of sp³-hybridized carbons (Fsp3) is 0.474. The molecule has 2 N–H and O–H groups in total. The molecule has 25 heavy (non-hydrogen) atoms. The predicted octanol–water partition coefficient (Wildman–Crippen LogP) is 1.93. The molecule has 2 heterocycles. The molecular formula is C19H26N4O2. The fourth-order valence-electron chi connectivity index (χ4n) is 3.20. The zero-order valence-electron chi connectivity index (χ0n) is 14.7. The molecule has 1 aliphatic rings. The number of piperidine rings is 1. The van der Waals surface area contributed by atoms with Gasteiger partial charge >= 0.3 is 0 Å². The van der Waals surface area contributed by atoms with Crippen LogP contribution >= 0.6 is 0 Å². The van der Waals surface area contributed by atoms with Crippen molar-refractivity contribution in [2.45, 2.75) is 31.8 Å². The molecule has 1 aromatic carbocycles. The summed E-state index contributed by atoms with van der Waals surface area (Å²) in [6.07, 6.45) is 5.95. The number of imidazole rings is 1. The van der Waals surface area contributed by atoms with E-state index in [-0.39, 0.29) is 5.91 Å². The number of ether oxygens (including phenoxy) is 1. The van der Waals surface area contributed by atoms with Gasteiger partial charge in [-0.05, 0) is 43.0 Å². The van der Waals surface area contributed by atoms with Crippen LogP contribution in [0.2, 0.25) is 0 Å². The molecule has 0 bridgehead atoms. The molecule has 3 rings (SSSR count). The number of benzene rings is 1. The SMILES string of the molecule is COCCn1cncc1CNC(=O)c1ccc([C@H]2CCCNC2)cc1. The highest BCUT2D eigenvalue weighted by Gasteiger charge is 2.15. The minimum Gasteiger partial charge on any atom is -0.383 e. The standard InChI is InChI=1S/C19H26N4O2/c1-25-10-9-23-14-21-12-18(23)13-22-19(24)16-6-4-15(5-7-16)17-3-2-8-20-11-17/h4-7,12,14,17,20H,2-3,8-11,13H2,1H3,(H,22,24)/t17-/m0/s1. The summed E-state index contributed by atoms with van der Waals surface area (Å²) in [5.41, 5.74) is 2.96. The molecule has 1 aliphatic heterocycles. The molecule has 0 unspecified atom stereocenters. The maximum Gasteiger partial charge on any atom is 0.251 e. The van der Waals surface area contributed by atoms with E-state index < -0.39 is 0 Å². The second-order valence-electron chi connectivity index (χ2n) is 6.42. The Balaban J connectivity index is 1.55. The lowest BCUT2D eigenvalue weighted by Crippen LogP contribution is -2.28. The number of amides is 1. The van der Waals surface area contributed by atoms with Crippen LogP contribution in [0.3, 0.4) is 0 Å². The third-order valence-electron chi connectivity index (χ3n) is 4.71. The van der Waals surface area contributed by atoms with E-state index in [0.717, 1.165) is 25.3 Å². The molecule has 0 aliphatic carbocycles. The second-order valence-corrected chi connectivity index (χ2v) is 6.42. The van der Waals surface area contributed by atoms with Crippen LogP contribution in [-0.4, -0.2) is 42.3 Å². The Morgan fingerprint density at radius 2 is 2.24 bits per heavy atom. The maximum atomic E-state index is 12.4. The van der Waals surface area contributed by atoms with Gasteiger partial charge in [-0.25, -0.2) is 4.98 Å². The van der Waals surface area contributed by atoms with Crippen LogP contribution in [0.15, 0.2) is 36.8 Å². The van der Waals surface area contributed by atoms with Gasteiger partial charge in [-0.2, -0.15) is 0 Å². The minimum atomic E-state index is -0.0622. The van der Waals surface area contributed by atoms with Crippen molar-refractivity contribution in [2.24, 2.45) is 0 Å². The zero-order chi connectivity index (χ0) is 17.5. The summed E-state index contributed by atoms with van der Waals surface area (Å²) in [5, 5.41) is 6.39. The molecule has 1 aromatic heterocycles. The molecule has 0 spiro atoms. The Bertz CT molecular complexity index is 675. The Labute approximate surface area is 148 Å². The number of rotatable bonds is 7. The maximum absolute atomic E-state index is 12.4. The van der Waals surface area contributed by atoms with E-state index in [0.29, 0.717) is 24.6 Å². The molecule has 1 fully saturated rings. The Kier molecular flexibility index (Phi) is 6.19. The molecule has 1 amide bonds. The normalized spacial score (nSPS) is 17.4. The van der Waals surface area contributed by atoms with Gasteiger partial charge in [0.25, 0.3) is 5.91 Å². The average molecular weight is 342 g/mol.